The molecule has 3 rings (SSSR count). The Bertz CT molecular complexity index is 866. The van der Waals surface area contributed by atoms with E-state index in [1.54, 1.807) is 24.8 Å². The SMILES string of the molecule is CN(C)c1ccc(C(NCc2cccnc2)C(=O)NCc2cccnc2)cc1. The lowest BCUT2D eigenvalue weighted by molar-refractivity contribution is -0.123. The number of aromatic nitrogens is 2. The quantitative estimate of drug-likeness (QED) is 0.633. The molecule has 1 atom stereocenters. The van der Waals surface area contributed by atoms with Crippen LogP contribution < -0.4 is 15.5 Å². The van der Waals surface area contributed by atoms with Crippen LogP contribution in [0.4, 0.5) is 5.69 Å². The Kier molecular flexibility index (Phi) is 6.70. The fourth-order valence-corrected chi connectivity index (χ4v) is 2.84. The van der Waals surface area contributed by atoms with Gasteiger partial charge in [0, 0.05) is 57.7 Å². The van der Waals surface area contributed by atoms with E-state index in [1.165, 1.54) is 0 Å². The fraction of sp³-hybridized carbons (Fsp3) is 0.227. The summed E-state index contributed by atoms with van der Waals surface area (Å²) in [5, 5.41) is 6.36. The predicted molar refractivity (Wildman–Crippen MR) is 111 cm³/mol. The predicted octanol–water partition coefficient (Wildman–Crippen LogP) is 2.69. The van der Waals surface area contributed by atoms with E-state index in [0.29, 0.717) is 13.1 Å². The highest BCUT2D eigenvalue weighted by molar-refractivity contribution is 5.83. The summed E-state index contributed by atoms with van der Waals surface area (Å²) in [6, 6.07) is 15.2. The number of carbonyl (C=O) groups excluding carboxylic acids is 1. The van der Waals surface area contributed by atoms with Gasteiger partial charge in [-0.25, -0.2) is 0 Å². The van der Waals surface area contributed by atoms with Gasteiger partial charge in [0.2, 0.25) is 5.91 Å². The first-order valence-corrected chi connectivity index (χ1v) is 9.19. The smallest absolute Gasteiger partial charge is 0.242 e. The van der Waals surface area contributed by atoms with Crippen molar-refractivity contribution in [1.82, 2.24) is 20.6 Å². The van der Waals surface area contributed by atoms with Gasteiger partial charge < -0.3 is 10.2 Å². The number of anilines is 1. The Labute approximate surface area is 165 Å². The molecule has 0 radical (unpaired) electrons. The monoisotopic (exact) mass is 375 g/mol. The van der Waals surface area contributed by atoms with Crippen LogP contribution in [0.1, 0.15) is 22.7 Å². The minimum absolute atomic E-state index is 0.0784. The van der Waals surface area contributed by atoms with Crippen molar-refractivity contribution in [2.24, 2.45) is 0 Å². The highest BCUT2D eigenvalue weighted by Crippen LogP contribution is 2.19. The standard InChI is InChI=1S/C22H25N5O/c1-27(2)20-9-7-19(8-10-20)21(25-15-17-5-3-11-23-13-17)22(28)26-16-18-6-4-12-24-14-18/h3-14,21,25H,15-16H2,1-2H3,(H,26,28). The van der Waals surface area contributed by atoms with E-state index in [9.17, 15) is 4.79 Å². The summed E-state index contributed by atoms with van der Waals surface area (Å²) >= 11 is 0. The van der Waals surface area contributed by atoms with Crippen LogP contribution in [0.5, 0.6) is 0 Å². The average Bonchev–Trinajstić information content (AvgIpc) is 2.74. The van der Waals surface area contributed by atoms with E-state index in [2.05, 4.69) is 20.6 Å². The number of benzene rings is 1. The van der Waals surface area contributed by atoms with Gasteiger partial charge in [0.25, 0.3) is 0 Å². The number of rotatable bonds is 8. The molecule has 0 spiro atoms. The van der Waals surface area contributed by atoms with Crippen LogP contribution in [0, 0.1) is 0 Å². The highest BCUT2D eigenvalue weighted by atomic mass is 16.2. The third kappa shape index (κ3) is 5.37. The van der Waals surface area contributed by atoms with Crippen molar-refractivity contribution in [2.75, 3.05) is 19.0 Å². The first-order chi connectivity index (χ1) is 13.6. The van der Waals surface area contributed by atoms with Crippen LogP contribution in [-0.4, -0.2) is 30.0 Å². The van der Waals surface area contributed by atoms with Crippen LogP contribution >= 0.6 is 0 Å². The van der Waals surface area contributed by atoms with E-state index < -0.39 is 6.04 Å². The summed E-state index contributed by atoms with van der Waals surface area (Å²) in [6.07, 6.45) is 7.01. The van der Waals surface area contributed by atoms with Crippen molar-refractivity contribution < 1.29 is 4.79 Å². The Morgan fingerprint density at radius 1 is 0.929 bits per heavy atom. The van der Waals surface area contributed by atoms with E-state index in [4.69, 9.17) is 0 Å². The molecular formula is C22H25N5O. The molecule has 144 valence electrons. The minimum atomic E-state index is -0.465. The number of carbonyl (C=O) groups is 1. The molecule has 28 heavy (non-hydrogen) atoms. The van der Waals surface area contributed by atoms with E-state index in [1.807, 2.05) is 67.5 Å². The average molecular weight is 375 g/mol. The molecule has 0 saturated carbocycles. The largest absolute Gasteiger partial charge is 0.378 e. The lowest BCUT2D eigenvalue weighted by Gasteiger charge is -2.20. The van der Waals surface area contributed by atoms with E-state index in [-0.39, 0.29) is 5.91 Å². The van der Waals surface area contributed by atoms with Gasteiger partial charge in [-0.1, -0.05) is 24.3 Å². The van der Waals surface area contributed by atoms with Crippen molar-refractivity contribution in [3.8, 4) is 0 Å². The lowest BCUT2D eigenvalue weighted by atomic mass is 10.0. The summed E-state index contributed by atoms with van der Waals surface area (Å²) in [6.45, 7) is 0.988. The summed E-state index contributed by atoms with van der Waals surface area (Å²) in [5.41, 5.74) is 3.99. The van der Waals surface area contributed by atoms with Gasteiger partial charge in [0.1, 0.15) is 6.04 Å². The molecule has 2 aromatic heterocycles. The maximum absolute atomic E-state index is 12.9. The normalized spacial score (nSPS) is 11.6. The van der Waals surface area contributed by atoms with E-state index in [0.717, 1.165) is 22.4 Å². The first kappa shape index (κ1) is 19.5. The number of nitrogens with one attached hydrogen (secondary N) is 2. The van der Waals surface area contributed by atoms with Crippen LogP contribution in [-0.2, 0) is 17.9 Å². The molecule has 3 aromatic rings. The molecule has 1 aromatic carbocycles. The number of hydrogen-bond donors (Lipinski definition) is 2. The minimum Gasteiger partial charge on any atom is -0.378 e. The molecule has 0 bridgehead atoms. The summed E-state index contributed by atoms with van der Waals surface area (Å²) < 4.78 is 0. The van der Waals surface area contributed by atoms with Gasteiger partial charge in [-0.3, -0.25) is 20.1 Å². The topological polar surface area (TPSA) is 70.2 Å². The molecule has 1 unspecified atom stereocenters. The molecule has 2 N–H and O–H groups in total. The molecule has 0 fully saturated rings. The van der Waals surface area contributed by atoms with Crippen LogP contribution in [0.15, 0.2) is 73.3 Å². The molecular weight excluding hydrogens is 350 g/mol. The maximum Gasteiger partial charge on any atom is 0.242 e. The number of hydrogen-bond acceptors (Lipinski definition) is 5. The zero-order chi connectivity index (χ0) is 19.8. The molecule has 6 heteroatoms. The van der Waals surface area contributed by atoms with E-state index >= 15 is 0 Å². The van der Waals surface area contributed by atoms with Gasteiger partial charge in [-0.05, 0) is 41.0 Å². The van der Waals surface area contributed by atoms with Crippen molar-refractivity contribution in [3.05, 3.63) is 90.0 Å². The Morgan fingerprint density at radius 2 is 1.54 bits per heavy atom. The molecule has 0 aliphatic heterocycles. The molecule has 0 aliphatic rings. The second-order valence-corrected chi connectivity index (χ2v) is 6.74. The number of pyridine rings is 2. The van der Waals surface area contributed by atoms with Crippen LogP contribution in [0.2, 0.25) is 0 Å². The lowest BCUT2D eigenvalue weighted by Crippen LogP contribution is -2.37. The third-order valence-corrected chi connectivity index (χ3v) is 4.43. The Morgan fingerprint density at radius 3 is 2.07 bits per heavy atom. The Balaban J connectivity index is 1.73. The Hall–Kier alpha value is -3.25. The molecule has 0 aliphatic carbocycles. The van der Waals surface area contributed by atoms with Gasteiger partial charge in [0.05, 0.1) is 0 Å². The van der Waals surface area contributed by atoms with Crippen molar-refractivity contribution in [3.63, 3.8) is 0 Å². The second-order valence-electron chi connectivity index (χ2n) is 6.74. The van der Waals surface area contributed by atoms with Gasteiger partial charge in [-0.15, -0.1) is 0 Å². The molecule has 1 amide bonds. The van der Waals surface area contributed by atoms with Crippen LogP contribution in [0.3, 0.4) is 0 Å². The summed E-state index contributed by atoms with van der Waals surface area (Å²) in [5.74, 6) is -0.0784. The molecule has 2 heterocycles. The maximum atomic E-state index is 12.9. The van der Waals surface area contributed by atoms with Gasteiger partial charge in [0.15, 0.2) is 0 Å². The van der Waals surface area contributed by atoms with Crippen molar-refractivity contribution in [1.29, 1.82) is 0 Å². The molecule has 6 nitrogen and oxygen atoms in total. The van der Waals surface area contributed by atoms with Gasteiger partial charge >= 0.3 is 0 Å². The molecule has 0 saturated heterocycles. The first-order valence-electron chi connectivity index (χ1n) is 9.19. The van der Waals surface area contributed by atoms with Crippen molar-refractivity contribution >= 4 is 11.6 Å². The highest BCUT2D eigenvalue weighted by Gasteiger charge is 2.20. The number of amides is 1. The summed E-state index contributed by atoms with van der Waals surface area (Å²) in [4.78, 5) is 23.2. The van der Waals surface area contributed by atoms with Gasteiger partial charge in [-0.2, -0.15) is 0 Å². The fourth-order valence-electron chi connectivity index (χ4n) is 2.84. The van der Waals surface area contributed by atoms with Crippen molar-refractivity contribution in [2.45, 2.75) is 19.1 Å². The second kappa shape index (κ2) is 9.62. The third-order valence-electron chi connectivity index (χ3n) is 4.43. The zero-order valence-electron chi connectivity index (χ0n) is 16.2. The number of nitrogens with zero attached hydrogens (tertiary/aromatic N) is 3. The zero-order valence-corrected chi connectivity index (χ0v) is 16.2. The summed E-state index contributed by atoms with van der Waals surface area (Å²) in [7, 11) is 3.99. The van der Waals surface area contributed by atoms with Crippen LogP contribution in [0.25, 0.3) is 0 Å².